The predicted octanol–water partition coefficient (Wildman–Crippen LogP) is 2.41. The molecular weight excluding hydrogens is 428 g/mol. The third-order valence-electron chi connectivity index (χ3n) is 4.67. The van der Waals surface area contributed by atoms with E-state index in [1.807, 2.05) is 18.2 Å². The average Bonchev–Trinajstić information content (AvgIpc) is 2.91. The Morgan fingerprint density at radius 1 is 1.03 bits per heavy atom. The minimum absolute atomic E-state index is 0. The minimum Gasteiger partial charge on any atom is -0.316 e. The Hall–Kier alpha value is -2.88. The number of halogens is 1. The molecule has 3 rings (SSSR count). The van der Waals surface area contributed by atoms with Crippen LogP contribution in [-0.4, -0.2) is 42.1 Å². The fraction of sp³-hybridized carbons (Fsp3) is 0.200. The van der Waals surface area contributed by atoms with Gasteiger partial charge in [-0.2, -0.15) is 0 Å². The molecule has 1 heterocycles. The molecule has 0 unspecified atom stereocenters. The maximum absolute atomic E-state index is 12.9. The molecule has 2 aromatic carbocycles. The number of amides is 1. The van der Waals surface area contributed by atoms with Crippen molar-refractivity contribution in [1.29, 1.82) is 0 Å². The van der Waals surface area contributed by atoms with Crippen LogP contribution in [0, 0.1) is 6.92 Å². The summed E-state index contributed by atoms with van der Waals surface area (Å²) in [5.41, 5.74) is 1.15. The molecule has 1 amide bonds. The molecule has 160 valence electrons. The molecule has 0 aliphatic carbocycles. The fourth-order valence-corrected chi connectivity index (χ4v) is 3.85. The molecule has 1 aromatic heterocycles. The third-order valence-corrected chi connectivity index (χ3v) is 6.48. The summed E-state index contributed by atoms with van der Waals surface area (Å²) in [5, 5.41) is 2.63. The lowest BCUT2D eigenvalue weighted by atomic mass is 10.2. The molecule has 0 fully saturated rings. The first kappa shape index (κ1) is 23.4. The van der Waals surface area contributed by atoms with E-state index >= 15 is 0 Å². The normalized spacial score (nSPS) is 11.2. The smallest absolute Gasteiger partial charge is 0.295 e. The molecule has 8 nitrogen and oxygen atoms in total. The van der Waals surface area contributed by atoms with Gasteiger partial charge in [-0.1, -0.05) is 24.3 Å². The van der Waals surface area contributed by atoms with Crippen molar-refractivity contribution in [3.63, 3.8) is 0 Å². The van der Waals surface area contributed by atoms with Crippen molar-refractivity contribution in [2.45, 2.75) is 11.8 Å². The number of rotatable bonds is 5. The Kier molecular flexibility index (Phi) is 6.91. The summed E-state index contributed by atoms with van der Waals surface area (Å²) in [6, 6.07) is 14.8. The van der Waals surface area contributed by atoms with E-state index in [1.54, 1.807) is 30.8 Å². The number of carbonyl (C=O) groups is 1. The van der Waals surface area contributed by atoms with Crippen molar-refractivity contribution >= 4 is 34.0 Å². The number of anilines is 1. The van der Waals surface area contributed by atoms with Crippen LogP contribution in [0.5, 0.6) is 0 Å². The highest BCUT2D eigenvalue weighted by atomic mass is 35.5. The van der Waals surface area contributed by atoms with Gasteiger partial charge in [-0.05, 0) is 37.3 Å². The van der Waals surface area contributed by atoms with Gasteiger partial charge in [0.1, 0.15) is 5.69 Å². The van der Waals surface area contributed by atoms with Gasteiger partial charge < -0.3 is 5.32 Å². The van der Waals surface area contributed by atoms with Gasteiger partial charge in [0.25, 0.3) is 11.5 Å². The Morgan fingerprint density at radius 2 is 1.67 bits per heavy atom. The van der Waals surface area contributed by atoms with Crippen molar-refractivity contribution in [2.24, 2.45) is 7.05 Å². The van der Waals surface area contributed by atoms with Crippen molar-refractivity contribution in [3.8, 4) is 5.69 Å². The van der Waals surface area contributed by atoms with E-state index in [9.17, 15) is 18.0 Å². The lowest BCUT2D eigenvalue weighted by Crippen LogP contribution is -2.24. The van der Waals surface area contributed by atoms with Crippen LogP contribution in [0.25, 0.3) is 5.69 Å². The lowest BCUT2D eigenvalue weighted by Gasteiger charge is -2.12. The zero-order valence-electron chi connectivity index (χ0n) is 17.0. The van der Waals surface area contributed by atoms with Crippen LogP contribution < -0.4 is 10.9 Å². The maximum Gasteiger partial charge on any atom is 0.295 e. The molecule has 0 atom stereocenters. The highest BCUT2D eigenvalue weighted by Gasteiger charge is 2.21. The number of para-hydroxylation sites is 1. The highest BCUT2D eigenvalue weighted by Crippen LogP contribution is 2.18. The predicted molar refractivity (Wildman–Crippen MR) is 118 cm³/mol. The number of nitrogens with one attached hydrogen (secondary N) is 1. The Bertz CT molecular complexity index is 1230. The van der Waals surface area contributed by atoms with E-state index in [-0.39, 0.29) is 34.1 Å². The summed E-state index contributed by atoms with van der Waals surface area (Å²) in [7, 11) is 0.885. The number of hydrogen-bond donors (Lipinski definition) is 1. The van der Waals surface area contributed by atoms with Crippen LogP contribution >= 0.6 is 12.4 Å². The minimum atomic E-state index is -3.68. The van der Waals surface area contributed by atoms with Crippen LogP contribution in [0.15, 0.2) is 64.3 Å². The second-order valence-electron chi connectivity index (χ2n) is 6.71. The molecule has 0 saturated heterocycles. The first-order valence-electron chi connectivity index (χ1n) is 8.82. The number of sulfonamides is 1. The van der Waals surface area contributed by atoms with E-state index in [4.69, 9.17) is 0 Å². The Morgan fingerprint density at radius 3 is 2.27 bits per heavy atom. The molecule has 30 heavy (non-hydrogen) atoms. The van der Waals surface area contributed by atoms with E-state index < -0.39 is 15.9 Å². The summed E-state index contributed by atoms with van der Waals surface area (Å²) in [5.74, 6) is -0.563. The first-order chi connectivity index (χ1) is 13.6. The van der Waals surface area contributed by atoms with Gasteiger partial charge >= 0.3 is 0 Å². The monoisotopic (exact) mass is 450 g/mol. The van der Waals surface area contributed by atoms with Gasteiger partial charge in [-0.15, -0.1) is 12.4 Å². The van der Waals surface area contributed by atoms with Gasteiger partial charge in [0.2, 0.25) is 10.0 Å². The third kappa shape index (κ3) is 4.18. The molecule has 0 saturated carbocycles. The molecule has 10 heteroatoms. The van der Waals surface area contributed by atoms with E-state index in [2.05, 4.69) is 5.32 Å². The van der Waals surface area contributed by atoms with Crippen LogP contribution in [0.3, 0.4) is 0 Å². The summed E-state index contributed by atoms with van der Waals surface area (Å²) in [4.78, 5) is 25.7. The van der Waals surface area contributed by atoms with Crippen molar-refractivity contribution in [3.05, 3.63) is 76.2 Å². The van der Waals surface area contributed by atoms with E-state index in [1.165, 1.54) is 43.0 Å². The highest BCUT2D eigenvalue weighted by molar-refractivity contribution is 7.89. The van der Waals surface area contributed by atoms with E-state index in [0.717, 1.165) is 4.31 Å². The van der Waals surface area contributed by atoms with Gasteiger partial charge in [-0.25, -0.2) is 17.4 Å². The van der Waals surface area contributed by atoms with E-state index in [0.29, 0.717) is 11.4 Å². The van der Waals surface area contributed by atoms with Gasteiger partial charge in [0.15, 0.2) is 0 Å². The summed E-state index contributed by atoms with van der Waals surface area (Å²) >= 11 is 0. The SMILES string of the molecule is Cc1c(NC(=O)c2cccc(S(=O)(=O)N(C)C)c2)c(=O)n(-c2ccccc2)n1C.Cl. The van der Waals surface area contributed by atoms with Crippen LogP contribution in [0.4, 0.5) is 5.69 Å². The van der Waals surface area contributed by atoms with Crippen LogP contribution in [-0.2, 0) is 17.1 Å². The average molecular weight is 451 g/mol. The topological polar surface area (TPSA) is 93.4 Å². The van der Waals surface area contributed by atoms with Gasteiger partial charge in [-0.3, -0.25) is 14.3 Å². The van der Waals surface area contributed by atoms with Crippen molar-refractivity contribution < 1.29 is 13.2 Å². The molecule has 0 aliphatic rings. The quantitative estimate of drug-likeness (QED) is 0.646. The largest absolute Gasteiger partial charge is 0.316 e. The number of carbonyl (C=O) groups excluding carboxylic acids is 1. The van der Waals surface area contributed by atoms with Crippen LogP contribution in [0.2, 0.25) is 0 Å². The fourth-order valence-electron chi connectivity index (χ4n) is 2.91. The zero-order chi connectivity index (χ0) is 21.3. The summed E-state index contributed by atoms with van der Waals surface area (Å²) < 4.78 is 28.8. The second kappa shape index (κ2) is 8.86. The Balaban J connectivity index is 0.00000320. The molecular formula is C20H23ClN4O4S. The summed E-state index contributed by atoms with van der Waals surface area (Å²) in [6.07, 6.45) is 0. The van der Waals surface area contributed by atoms with Crippen molar-refractivity contribution in [1.82, 2.24) is 13.7 Å². The number of hydrogen-bond acceptors (Lipinski definition) is 4. The molecule has 0 bridgehead atoms. The van der Waals surface area contributed by atoms with Crippen LogP contribution in [0.1, 0.15) is 16.1 Å². The maximum atomic E-state index is 12.9. The molecule has 1 N–H and O–H groups in total. The number of benzene rings is 2. The standard InChI is InChI=1S/C20H22N4O4S.ClH/c1-14-18(20(26)24(23(14)4)16-10-6-5-7-11-16)21-19(25)15-9-8-12-17(13-15)29(27,28)22(2)3;/h5-13H,1-4H3,(H,21,25);1H. The molecule has 3 aromatic rings. The molecule has 0 spiro atoms. The molecule has 0 aliphatic heterocycles. The summed E-state index contributed by atoms with van der Waals surface area (Å²) in [6.45, 7) is 1.73. The second-order valence-corrected chi connectivity index (χ2v) is 8.86. The van der Waals surface area contributed by atoms with Gasteiger partial charge in [0, 0.05) is 26.7 Å². The number of nitrogens with zero attached hydrogens (tertiary/aromatic N) is 3. The number of aromatic nitrogens is 2. The zero-order valence-corrected chi connectivity index (χ0v) is 18.6. The lowest BCUT2D eigenvalue weighted by molar-refractivity contribution is 0.102. The van der Waals surface area contributed by atoms with Crippen molar-refractivity contribution in [2.75, 3.05) is 19.4 Å². The Labute approximate surface area is 181 Å². The van der Waals surface area contributed by atoms with Gasteiger partial charge in [0.05, 0.1) is 16.3 Å². The first-order valence-corrected chi connectivity index (χ1v) is 10.3. The molecule has 0 radical (unpaired) electrons.